The second kappa shape index (κ2) is 6.61. The molecule has 1 aromatic heterocycles. The third-order valence-corrected chi connectivity index (χ3v) is 5.55. The Labute approximate surface area is 159 Å². The molecule has 1 fully saturated rings. The van der Waals surface area contributed by atoms with Crippen LogP contribution in [0.2, 0.25) is 0 Å². The number of benzene rings is 2. The monoisotopic (exact) mass is 411 g/mol. The second-order valence-corrected chi connectivity index (χ2v) is 7.19. The van der Waals surface area contributed by atoms with E-state index in [0.717, 1.165) is 34.0 Å². The van der Waals surface area contributed by atoms with Crippen LogP contribution in [-0.2, 0) is 11.8 Å². The molecule has 1 N–H and O–H groups in total. The number of para-hydroxylation sites is 1. The molecule has 132 valence electrons. The SMILES string of the molecule is Cn1c(C(=O)Nc2cccc(N3CCCC3=O)c2)c(Br)c2ccccc21. The van der Waals surface area contributed by atoms with Gasteiger partial charge in [0.25, 0.3) is 5.91 Å². The number of rotatable bonds is 3. The highest BCUT2D eigenvalue weighted by atomic mass is 79.9. The zero-order valence-corrected chi connectivity index (χ0v) is 15.9. The number of anilines is 2. The molecule has 2 amide bonds. The second-order valence-electron chi connectivity index (χ2n) is 6.39. The fourth-order valence-corrected chi connectivity index (χ4v) is 4.24. The standard InChI is InChI=1S/C20H18BrN3O2/c1-23-16-9-3-2-8-15(16)18(21)19(23)20(26)22-13-6-4-7-14(12-13)24-11-5-10-17(24)25/h2-4,6-9,12H,5,10-11H2,1H3,(H,22,26). The van der Waals surface area contributed by atoms with Crippen LogP contribution in [0.5, 0.6) is 0 Å². The number of aryl methyl sites for hydroxylation is 1. The first-order valence-electron chi connectivity index (χ1n) is 8.51. The van der Waals surface area contributed by atoms with E-state index in [2.05, 4.69) is 21.2 Å². The Morgan fingerprint density at radius 1 is 1.15 bits per heavy atom. The first-order chi connectivity index (χ1) is 12.6. The highest BCUT2D eigenvalue weighted by molar-refractivity contribution is 9.10. The van der Waals surface area contributed by atoms with Crippen molar-refractivity contribution in [2.75, 3.05) is 16.8 Å². The van der Waals surface area contributed by atoms with Gasteiger partial charge in [-0.15, -0.1) is 0 Å². The molecule has 2 aromatic carbocycles. The number of nitrogens with one attached hydrogen (secondary N) is 1. The lowest BCUT2D eigenvalue weighted by Crippen LogP contribution is -2.24. The van der Waals surface area contributed by atoms with E-state index in [1.54, 1.807) is 4.90 Å². The van der Waals surface area contributed by atoms with Gasteiger partial charge >= 0.3 is 0 Å². The van der Waals surface area contributed by atoms with Crippen LogP contribution in [0.25, 0.3) is 10.9 Å². The van der Waals surface area contributed by atoms with Crippen LogP contribution in [0.4, 0.5) is 11.4 Å². The van der Waals surface area contributed by atoms with E-state index in [4.69, 9.17) is 0 Å². The highest BCUT2D eigenvalue weighted by Gasteiger charge is 2.23. The van der Waals surface area contributed by atoms with Gasteiger partial charge in [0, 0.05) is 42.3 Å². The van der Waals surface area contributed by atoms with Crippen molar-refractivity contribution in [2.24, 2.45) is 7.05 Å². The van der Waals surface area contributed by atoms with Crippen LogP contribution >= 0.6 is 15.9 Å². The molecule has 3 aromatic rings. The summed E-state index contributed by atoms with van der Waals surface area (Å²) in [6, 6.07) is 15.3. The summed E-state index contributed by atoms with van der Waals surface area (Å²) >= 11 is 3.56. The van der Waals surface area contributed by atoms with E-state index < -0.39 is 0 Å². The largest absolute Gasteiger partial charge is 0.339 e. The minimum absolute atomic E-state index is 0.130. The molecule has 1 saturated heterocycles. The molecule has 1 aliphatic heterocycles. The number of halogens is 1. The summed E-state index contributed by atoms with van der Waals surface area (Å²) in [6.07, 6.45) is 1.46. The average Bonchev–Trinajstić information content (AvgIpc) is 3.17. The zero-order chi connectivity index (χ0) is 18.3. The molecule has 6 heteroatoms. The molecule has 1 aliphatic rings. The number of carbonyl (C=O) groups is 2. The molecule has 0 bridgehead atoms. The van der Waals surface area contributed by atoms with Crippen LogP contribution < -0.4 is 10.2 Å². The van der Waals surface area contributed by atoms with Gasteiger partial charge in [-0.25, -0.2) is 0 Å². The molecule has 0 atom stereocenters. The maximum Gasteiger partial charge on any atom is 0.273 e. The van der Waals surface area contributed by atoms with Gasteiger partial charge in [0.15, 0.2) is 0 Å². The minimum Gasteiger partial charge on any atom is -0.339 e. The van der Waals surface area contributed by atoms with Crippen LogP contribution in [0.15, 0.2) is 53.0 Å². The smallest absolute Gasteiger partial charge is 0.273 e. The Bertz CT molecular complexity index is 986. The van der Waals surface area contributed by atoms with Crippen molar-refractivity contribution in [3.8, 4) is 0 Å². The van der Waals surface area contributed by atoms with Crippen LogP contribution in [0.1, 0.15) is 23.3 Å². The van der Waals surface area contributed by atoms with Gasteiger partial charge in [0.2, 0.25) is 5.91 Å². The molecule has 5 nitrogen and oxygen atoms in total. The molecule has 0 saturated carbocycles. The lowest BCUT2D eigenvalue weighted by atomic mass is 10.2. The quantitative estimate of drug-likeness (QED) is 0.697. The van der Waals surface area contributed by atoms with Crippen molar-refractivity contribution in [3.63, 3.8) is 0 Å². The number of hydrogen-bond donors (Lipinski definition) is 1. The maximum atomic E-state index is 12.9. The molecular formula is C20H18BrN3O2. The lowest BCUT2D eigenvalue weighted by Gasteiger charge is -2.17. The van der Waals surface area contributed by atoms with Gasteiger partial charge in [0.05, 0.1) is 4.47 Å². The lowest BCUT2D eigenvalue weighted by molar-refractivity contribution is -0.117. The number of hydrogen-bond acceptors (Lipinski definition) is 2. The van der Waals surface area contributed by atoms with Crippen molar-refractivity contribution in [1.29, 1.82) is 0 Å². The molecule has 2 heterocycles. The van der Waals surface area contributed by atoms with E-state index in [9.17, 15) is 9.59 Å². The van der Waals surface area contributed by atoms with E-state index in [1.165, 1.54) is 0 Å². The summed E-state index contributed by atoms with van der Waals surface area (Å²) in [4.78, 5) is 26.6. The van der Waals surface area contributed by atoms with Crippen molar-refractivity contribution in [3.05, 3.63) is 58.7 Å². The molecule has 4 rings (SSSR count). The van der Waals surface area contributed by atoms with E-state index in [0.29, 0.717) is 17.8 Å². The molecule has 0 aliphatic carbocycles. The molecule has 0 unspecified atom stereocenters. The zero-order valence-electron chi connectivity index (χ0n) is 14.3. The number of carbonyl (C=O) groups excluding carboxylic acids is 2. The fraction of sp³-hybridized carbons (Fsp3) is 0.200. The van der Waals surface area contributed by atoms with E-state index in [1.807, 2.05) is 60.1 Å². The van der Waals surface area contributed by atoms with Crippen molar-refractivity contribution in [2.45, 2.75) is 12.8 Å². The Kier molecular flexibility index (Phi) is 4.28. The number of fused-ring (bicyclic) bond motifs is 1. The van der Waals surface area contributed by atoms with Crippen molar-refractivity contribution in [1.82, 2.24) is 4.57 Å². The maximum absolute atomic E-state index is 12.9. The Morgan fingerprint density at radius 3 is 2.69 bits per heavy atom. The third-order valence-electron chi connectivity index (χ3n) is 4.75. The summed E-state index contributed by atoms with van der Waals surface area (Å²) in [7, 11) is 1.88. The average molecular weight is 412 g/mol. The summed E-state index contributed by atoms with van der Waals surface area (Å²) in [5, 5.41) is 3.95. The van der Waals surface area contributed by atoms with Crippen LogP contribution in [0.3, 0.4) is 0 Å². The first kappa shape index (κ1) is 16.8. The van der Waals surface area contributed by atoms with Gasteiger partial charge in [-0.2, -0.15) is 0 Å². The number of amides is 2. The highest BCUT2D eigenvalue weighted by Crippen LogP contribution is 2.31. The molecule has 0 radical (unpaired) electrons. The number of nitrogens with zero attached hydrogens (tertiary/aromatic N) is 2. The van der Waals surface area contributed by atoms with Gasteiger partial charge in [-0.05, 0) is 46.6 Å². The van der Waals surface area contributed by atoms with Crippen LogP contribution in [0, 0.1) is 0 Å². The molecule has 0 spiro atoms. The Hall–Kier alpha value is -2.60. The predicted molar refractivity (Wildman–Crippen MR) is 107 cm³/mol. The van der Waals surface area contributed by atoms with E-state index >= 15 is 0 Å². The van der Waals surface area contributed by atoms with Crippen molar-refractivity contribution < 1.29 is 9.59 Å². The van der Waals surface area contributed by atoms with Gasteiger partial charge < -0.3 is 14.8 Å². The third kappa shape index (κ3) is 2.80. The summed E-state index contributed by atoms with van der Waals surface area (Å²) < 4.78 is 2.65. The topological polar surface area (TPSA) is 54.3 Å². The summed E-state index contributed by atoms with van der Waals surface area (Å²) in [6.45, 7) is 0.727. The van der Waals surface area contributed by atoms with E-state index in [-0.39, 0.29) is 11.8 Å². The fourth-order valence-electron chi connectivity index (χ4n) is 3.46. The van der Waals surface area contributed by atoms with Gasteiger partial charge in [-0.1, -0.05) is 24.3 Å². The van der Waals surface area contributed by atoms with Crippen LogP contribution in [-0.4, -0.2) is 22.9 Å². The number of aromatic nitrogens is 1. The first-order valence-corrected chi connectivity index (χ1v) is 9.30. The summed E-state index contributed by atoms with van der Waals surface area (Å²) in [5.74, 6) is -0.0645. The predicted octanol–water partition coefficient (Wildman–Crippen LogP) is 4.32. The molecule has 26 heavy (non-hydrogen) atoms. The van der Waals surface area contributed by atoms with Gasteiger partial charge in [0.1, 0.15) is 5.69 Å². The Morgan fingerprint density at radius 2 is 1.96 bits per heavy atom. The minimum atomic E-state index is -0.194. The Balaban J connectivity index is 1.64. The normalized spacial score (nSPS) is 14.2. The van der Waals surface area contributed by atoms with Crippen molar-refractivity contribution >= 4 is 50.0 Å². The molecular weight excluding hydrogens is 394 g/mol. The summed E-state index contributed by atoms with van der Waals surface area (Å²) in [5.41, 5.74) is 3.04. The van der Waals surface area contributed by atoms with Gasteiger partial charge in [-0.3, -0.25) is 9.59 Å².